The van der Waals surface area contributed by atoms with Crippen molar-refractivity contribution in [3.63, 3.8) is 0 Å². The molecule has 0 unspecified atom stereocenters. The molecule has 0 fully saturated rings. The molecule has 3 aromatic rings. The number of nitrogens with zero attached hydrogens (tertiary/aromatic N) is 2. The van der Waals surface area contributed by atoms with Crippen LogP contribution in [-0.2, 0) is 26.2 Å². The molecule has 2 amide bonds. The predicted octanol–water partition coefficient (Wildman–Crippen LogP) is 6.02. The minimum atomic E-state index is -4.09. The average molecular weight is 635 g/mol. The van der Waals surface area contributed by atoms with Crippen LogP contribution in [-0.4, -0.2) is 44.3 Å². The van der Waals surface area contributed by atoms with Crippen LogP contribution in [0.1, 0.15) is 38.7 Å². The Hall–Kier alpha value is -2.88. The molecule has 0 aliphatic heterocycles. The lowest BCUT2D eigenvalue weighted by Gasteiger charge is -2.33. The van der Waals surface area contributed by atoms with Crippen molar-refractivity contribution in [2.45, 2.75) is 50.6 Å². The second-order valence-electron chi connectivity index (χ2n) is 9.02. The Morgan fingerprint density at radius 3 is 2.18 bits per heavy atom. The van der Waals surface area contributed by atoms with E-state index in [0.29, 0.717) is 23.7 Å². The fourth-order valence-corrected chi connectivity index (χ4v) is 5.89. The standard InChI is InChI=1S/C29H33BrClN3O4S/c1-3-5-19-32-29(36)27(4-2)33(20-22-11-15-24(31)16-12-22)28(35)21-34(25-17-13-23(30)14-18-25)39(37,38)26-9-7-6-8-10-26/h6-18,27H,3-5,19-21H2,1-2H3,(H,32,36)/t27-/m1/s1. The van der Waals surface area contributed by atoms with Gasteiger partial charge >= 0.3 is 0 Å². The highest BCUT2D eigenvalue weighted by Crippen LogP contribution is 2.26. The largest absolute Gasteiger partial charge is 0.354 e. The number of anilines is 1. The van der Waals surface area contributed by atoms with Crippen molar-refractivity contribution in [3.8, 4) is 0 Å². The second-order valence-corrected chi connectivity index (χ2v) is 12.2. The van der Waals surface area contributed by atoms with E-state index >= 15 is 0 Å². The van der Waals surface area contributed by atoms with Crippen molar-refractivity contribution in [1.82, 2.24) is 10.2 Å². The number of amides is 2. The zero-order valence-electron chi connectivity index (χ0n) is 22.0. The Morgan fingerprint density at radius 2 is 1.59 bits per heavy atom. The molecule has 3 rings (SSSR count). The minimum absolute atomic E-state index is 0.0642. The van der Waals surface area contributed by atoms with Crippen molar-refractivity contribution < 1.29 is 18.0 Å². The summed E-state index contributed by atoms with van der Waals surface area (Å²) in [5.74, 6) is -0.765. The van der Waals surface area contributed by atoms with Gasteiger partial charge in [0.2, 0.25) is 11.8 Å². The molecule has 0 spiro atoms. The molecule has 7 nitrogen and oxygen atoms in total. The molecule has 0 saturated carbocycles. The maximum Gasteiger partial charge on any atom is 0.264 e. The van der Waals surface area contributed by atoms with Gasteiger partial charge in [0, 0.05) is 22.6 Å². The average Bonchev–Trinajstić information content (AvgIpc) is 2.93. The van der Waals surface area contributed by atoms with E-state index in [0.717, 1.165) is 27.2 Å². The summed E-state index contributed by atoms with van der Waals surface area (Å²) in [5, 5.41) is 3.47. The molecule has 39 heavy (non-hydrogen) atoms. The van der Waals surface area contributed by atoms with E-state index in [1.54, 1.807) is 66.7 Å². The number of carbonyl (C=O) groups is 2. The molecule has 208 valence electrons. The monoisotopic (exact) mass is 633 g/mol. The van der Waals surface area contributed by atoms with Gasteiger partial charge in [-0.25, -0.2) is 8.42 Å². The molecule has 0 aliphatic rings. The Kier molecular flexibility index (Phi) is 11.4. The summed E-state index contributed by atoms with van der Waals surface area (Å²) in [6.45, 7) is 4.01. The molecule has 1 atom stereocenters. The number of rotatable bonds is 13. The summed E-state index contributed by atoms with van der Waals surface area (Å²) in [6, 6.07) is 20.9. The van der Waals surface area contributed by atoms with Crippen LogP contribution in [0.25, 0.3) is 0 Å². The molecular formula is C29H33BrClN3O4S. The first-order chi connectivity index (χ1) is 18.7. The van der Waals surface area contributed by atoms with Crippen molar-refractivity contribution >= 4 is 55.1 Å². The van der Waals surface area contributed by atoms with Gasteiger partial charge in [-0.1, -0.05) is 78.1 Å². The first-order valence-electron chi connectivity index (χ1n) is 12.8. The molecule has 10 heteroatoms. The Labute approximate surface area is 244 Å². The lowest BCUT2D eigenvalue weighted by molar-refractivity contribution is -0.140. The molecule has 0 heterocycles. The zero-order chi connectivity index (χ0) is 28.4. The Morgan fingerprint density at radius 1 is 0.949 bits per heavy atom. The molecule has 1 N–H and O–H groups in total. The van der Waals surface area contributed by atoms with Gasteiger partial charge < -0.3 is 10.2 Å². The summed E-state index contributed by atoms with van der Waals surface area (Å²) in [5.41, 5.74) is 1.11. The van der Waals surface area contributed by atoms with Gasteiger partial charge in [-0.2, -0.15) is 0 Å². The van der Waals surface area contributed by atoms with E-state index in [9.17, 15) is 18.0 Å². The van der Waals surface area contributed by atoms with Crippen molar-refractivity contribution in [2.75, 3.05) is 17.4 Å². The number of carbonyl (C=O) groups excluding carboxylic acids is 2. The molecule has 0 aliphatic carbocycles. The van der Waals surface area contributed by atoms with Crippen LogP contribution < -0.4 is 9.62 Å². The van der Waals surface area contributed by atoms with Gasteiger partial charge in [-0.05, 0) is 66.9 Å². The quantitative estimate of drug-likeness (QED) is 0.233. The fourth-order valence-electron chi connectivity index (χ4n) is 4.07. The number of unbranched alkanes of at least 4 members (excludes halogenated alkanes) is 1. The smallest absolute Gasteiger partial charge is 0.264 e. The van der Waals surface area contributed by atoms with Crippen molar-refractivity contribution in [3.05, 3.63) is 93.9 Å². The van der Waals surface area contributed by atoms with E-state index in [-0.39, 0.29) is 17.3 Å². The number of halogens is 2. The van der Waals surface area contributed by atoms with Gasteiger partial charge in [0.25, 0.3) is 10.0 Å². The lowest BCUT2D eigenvalue weighted by Crippen LogP contribution is -2.52. The van der Waals surface area contributed by atoms with Crippen LogP contribution in [0.5, 0.6) is 0 Å². The minimum Gasteiger partial charge on any atom is -0.354 e. The highest BCUT2D eigenvalue weighted by atomic mass is 79.9. The van der Waals surface area contributed by atoms with Crippen LogP contribution in [0.2, 0.25) is 5.02 Å². The molecular weight excluding hydrogens is 602 g/mol. The highest BCUT2D eigenvalue weighted by Gasteiger charge is 2.33. The predicted molar refractivity (Wildman–Crippen MR) is 159 cm³/mol. The van der Waals surface area contributed by atoms with E-state index < -0.39 is 28.5 Å². The van der Waals surface area contributed by atoms with Gasteiger partial charge in [-0.15, -0.1) is 0 Å². The third-order valence-electron chi connectivity index (χ3n) is 6.21. The zero-order valence-corrected chi connectivity index (χ0v) is 25.2. The van der Waals surface area contributed by atoms with Gasteiger partial charge in [0.1, 0.15) is 12.6 Å². The number of sulfonamides is 1. The summed E-state index contributed by atoms with van der Waals surface area (Å²) >= 11 is 9.44. The van der Waals surface area contributed by atoms with E-state index in [1.807, 2.05) is 13.8 Å². The van der Waals surface area contributed by atoms with Crippen LogP contribution in [0, 0.1) is 0 Å². The number of benzene rings is 3. The first-order valence-corrected chi connectivity index (χ1v) is 15.4. The molecule has 0 aromatic heterocycles. The third kappa shape index (κ3) is 8.30. The maximum absolute atomic E-state index is 14.0. The first kappa shape index (κ1) is 30.7. The molecule has 0 bridgehead atoms. The van der Waals surface area contributed by atoms with Crippen LogP contribution >= 0.6 is 27.5 Å². The Balaban J connectivity index is 2.01. The summed E-state index contributed by atoms with van der Waals surface area (Å²) in [7, 11) is -4.09. The number of hydrogen-bond acceptors (Lipinski definition) is 4. The van der Waals surface area contributed by atoms with Crippen molar-refractivity contribution in [1.29, 1.82) is 0 Å². The van der Waals surface area contributed by atoms with Crippen molar-refractivity contribution in [2.24, 2.45) is 0 Å². The molecule has 0 radical (unpaired) electrons. The summed E-state index contributed by atoms with van der Waals surface area (Å²) < 4.78 is 29.4. The number of nitrogens with one attached hydrogen (secondary N) is 1. The van der Waals surface area contributed by atoms with E-state index in [2.05, 4.69) is 21.2 Å². The second kappa shape index (κ2) is 14.5. The van der Waals surface area contributed by atoms with E-state index in [1.165, 1.54) is 17.0 Å². The SMILES string of the molecule is CCCCNC(=O)[C@@H](CC)N(Cc1ccc(Cl)cc1)C(=O)CN(c1ccc(Br)cc1)S(=O)(=O)c1ccccc1. The van der Waals surface area contributed by atoms with Gasteiger partial charge in [-0.3, -0.25) is 13.9 Å². The topological polar surface area (TPSA) is 86.8 Å². The molecule has 3 aromatic carbocycles. The fraction of sp³-hybridized carbons (Fsp3) is 0.310. The van der Waals surface area contributed by atoms with Crippen LogP contribution in [0.15, 0.2) is 88.2 Å². The summed E-state index contributed by atoms with van der Waals surface area (Å²) in [4.78, 5) is 28.7. The Bertz CT molecular complexity index is 1340. The van der Waals surface area contributed by atoms with E-state index in [4.69, 9.17) is 11.6 Å². The van der Waals surface area contributed by atoms with Crippen LogP contribution in [0.4, 0.5) is 5.69 Å². The number of hydrogen-bond donors (Lipinski definition) is 1. The normalized spacial score (nSPS) is 12.0. The van der Waals surface area contributed by atoms with Crippen LogP contribution in [0.3, 0.4) is 0 Å². The lowest BCUT2D eigenvalue weighted by atomic mass is 10.1. The third-order valence-corrected chi connectivity index (χ3v) is 8.78. The molecule has 0 saturated heterocycles. The van der Waals surface area contributed by atoms with Gasteiger partial charge in [0.15, 0.2) is 0 Å². The summed E-state index contributed by atoms with van der Waals surface area (Å²) in [6.07, 6.45) is 2.10. The maximum atomic E-state index is 14.0. The van der Waals surface area contributed by atoms with Gasteiger partial charge in [0.05, 0.1) is 10.6 Å². The highest BCUT2D eigenvalue weighted by molar-refractivity contribution is 9.10.